The minimum absolute atomic E-state index is 0.0541. The van der Waals surface area contributed by atoms with Crippen LogP contribution in [0, 0.1) is 0 Å². The number of rotatable bonds is 4. The number of thioether (sulfide) groups is 1. The first-order valence-electron chi connectivity index (χ1n) is 6.72. The van der Waals surface area contributed by atoms with Gasteiger partial charge in [-0.15, -0.1) is 11.8 Å². The Morgan fingerprint density at radius 3 is 2.86 bits per heavy atom. The molecule has 0 N–H and O–H groups in total. The zero-order chi connectivity index (χ0) is 15.0. The Bertz CT molecular complexity index is 746. The summed E-state index contributed by atoms with van der Waals surface area (Å²) in [5.74, 6) is 0.755. The minimum Gasteiger partial charge on any atom is -0.332 e. The van der Waals surface area contributed by atoms with Gasteiger partial charge in [0.1, 0.15) is 5.82 Å². The van der Waals surface area contributed by atoms with E-state index in [4.69, 9.17) is 10.7 Å². The van der Waals surface area contributed by atoms with Gasteiger partial charge in [-0.05, 0) is 18.1 Å². The zero-order valence-corrected chi connectivity index (χ0v) is 13.9. The standard InChI is InChI=1S/C14H15ClN2O2S2/c1-2-13-16-14(21(15,18)19)9-17(13)8-11-7-10-5-3-4-6-12(10)20-11/h3-6,9,11H,2,7-8H2,1H3. The van der Waals surface area contributed by atoms with Crippen molar-refractivity contribution in [2.24, 2.45) is 0 Å². The molecule has 21 heavy (non-hydrogen) atoms. The number of hydrogen-bond donors (Lipinski definition) is 0. The van der Waals surface area contributed by atoms with E-state index >= 15 is 0 Å². The third kappa shape index (κ3) is 3.12. The number of nitrogens with zero attached hydrogens (tertiary/aromatic N) is 2. The van der Waals surface area contributed by atoms with Crippen molar-refractivity contribution in [1.82, 2.24) is 9.55 Å². The molecule has 1 aliphatic rings. The lowest BCUT2D eigenvalue weighted by atomic mass is 10.1. The number of hydrogen-bond acceptors (Lipinski definition) is 4. The lowest BCUT2D eigenvalue weighted by Gasteiger charge is -2.11. The van der Waals surface area contributed by atoms with Crippen molar-refractivity contribution < 1.29 is 8.42 Å². The largest absolute Gasteiger partial charge is 0.332 e. The molecule has 2 aromatic rings. The van der Waals surface area contributed by atoms with Crippen molar-refractivity contribution in [2.75, 3.05) is 0 Å². The van der Waals surface area contributed by atoms with Gasteiger partial charge < -0.3 is 4.57 Å². The number of aromatic nitrogens is 2. The molecule has 0 radical (unpaired) electrons. The summed E-state index contributed by atoms with van der Waals surface area (Å²) in [7, 11) is 1.61. The predicted octanol–water partition coefficient (Wildman–Crippen LogP) is 3.09. The number of aryl methyl sites for hydroxylation is 1. The van der Waals surface area contributed by atoms with Gasteiger partial charge in [0, 0.05) is 40.0 Å². The van der Waals surface area contributed by atoms with Crippen molar-refractivity contribution in [3.8, 4) is 0 Å². The number of fused-ring (bicyclic) bond motifs is 1. The van der Waals surface area contributed by atoms with E-state index < -0.39 is 9.05 Å². The number of benzene rings is 1. The fourth-order valence-corrected chi connectivity index (χ4v) is 4.57. The number of imidazole rings is 1. The molecule has 112 valence electrons. The number of halogens is 1. The Hall–Kier alpha value is -0.980. The quantitative estimate of drug-likeness (QED) is 0.801. The normalized spacial score (nSPS) is 17.9. The summed E-state index contributed by atoms with van der Waals surface area (Å²) in [6, 6.07) is 8.37. The predicted molar refractivity (Wildman–Crippen MR) is 84.4 cm³/mol. The fourth-order valence-electron chi connectivity index (χ4n) is 2.56. The summed E-state index contributed by atoms with van der Waals surface area (Å²) in [5, 5.41) is 0.342. The van der Waals surface area contributed by atoms with Gasteiger partial charge in [-0.25, -0.2) is 13.4 Å². The van der Waals surface area contributed by atoms with Gasteiger partial charge in [0.05, 0.1) is 0 Å². The molecular weight excluding hydrogens is 328 g/mol. The molecule has 3 rings (SSSR count). The first-order chi connectivity index (χ1) is 9.97. The van der Waals surface area contributed by atoms with E-state index in [0.29, 0.717) is 11.7 Å². The van der Waals surface area contributed by atoms with E-state index in [2.05, 4.69) is 23.2 Å². The second-order valence-corrected chi connectivity index (χ2v) is 8.85. The third-order valence-electron chi connectivity index (χ3n) is 3.52. The third-order valence-corrected chi connectivity index (χ3v) is 5.99. The highest BCUT2D eigenvalue weighted by molar-refractivity contribution is 8.13. The average molecular weight is 343 g/mol. The summed E-state index contributed by atoms with van der Waals surface area (Å²) in [6.07, 6.45) is 3.21. The fraction of sp³-hybridized carbons (Fsp3) is 0.357. The molecule has 1 aliphatic heterocycles. The van der Waals surface area contributed by atoms with Gasteiger partial charge in [0.2, 0.25) is 0 Å². The van der Waals surface area contributed by atoms with E-state index in [0.717, 1.165) is 18.8 Å². The van der Waals surface area contributed by atoms with Crippen LogP contribution in [-0.4, -0.2) is 23.2 Å². The van der Waals surface area contributed by atoms with Gasteiger partial charge in [-0.3, -0.25) is 0 Å². The lowest BCUT2D eigenvalue weighted by molar-refractivity contribution is 0.606. The summed E-state index contributed by atoms with van der Waals surface area (Å²) in [5.41, 5.74) is 1.36. The summed E-state index contributed by atoms with van der Waals surface area (Å²) >= 11 is 1.84. The first-order valence-corrected chi connectivity index (χ1v) is 9.91. The molecule has 0 spiro atoms. The van der Waals surface area contributed by atoms with Crippen LogP contribution < -0.4 is 0 Å². The highest BCUT2D eigenvalue weighted by atomic mass is 35.7. The Morgan fingerprint density at radius 1 is 1.43 bits per heavy atom. The topological polar surface area (TPSA) is 52.0 Å². The van der Waals surface area contributed by atoms with Crippen molar-refractivity contribution in [1.29, 1.82) is 0 Å². The molecular formula is C14H15ClN2O2S2. The zero-order valence-electron chi connectivity index (χ0n) is 11.5. The summed E-state index contributed by atoms with van der Waals surface area (Å²) in [6.45, 7) is 2.70. The van der Waals surface area contributed by atoms with Crippen LogP contribution in [0.25, 0.3) is 0 Å². The molecule has 0 aliphatic carbocycles. The van der Waals surface area contributed by atoms with E-state index in [1.165, 1.54) is 10.5 Å². The molecule has 0 bridgehead atoms. The maximum absolute atomic E-state index is 11.4. The van der Waals surface area contributed by atoms with E-state index in [1.807, 2.05) is 29.3 Å². The molecule has 0 saturated carbocycles. The molecule has 7 heteroatoms. The van der Waals surface area contributed by atoms with Crippen LogP contribution in [0.3, 0.4) is 0 Å². The van der Waals surface area contributed by atoms with Crippen molar-refractivity contribution >= 4 is 31.5 Å². The SMILES string of the molecule is CCc1nc(S(=O)(=O)Cl)cn1CC1Cc2ccccc2S1. The molecule has 2 heterocycles. The lowest BCUT2D eigenvalue weighted by Crippen LogP contribution is -2.13. The molecule has 1 unspecified atom stereocenters. The van der Waals surface area contributed by atoms with Crippen molar-refractivity contribution in [3.05, 3.63) is 41.9 Å². The Labute approximate surface area is 133 Å². The minimum atomic E-state index is -3.77. The molecule has 1 atom stereocenters. The monoisotopic (exact) mass is 342 g/mol. The molecule has 0 fully saturated rings. The van der Waals surface area contributed by atoms with Crippen LogP contribution in [0.15, 0.2) is 40.4 Å². The highest BCUT2D eigenvalue weighted by Gasteiger charge is 2.24. The second-order valence-electron chi connectivity index (χ2n) is 4.99. The van der Waals surface area contributed by atoms with Crippen molar-refractivity contribution in [2.45, 2.75) is 41.5 Å². The molecule has 0 saturated heterocycles. The first kappa shape index (κ1) is 14.9. The van der Waals surface area contributed by atoms with Gasteiger partial charge >= 0.3 is 0 Å². The maximum Gasteiger partial charge on any atom is 0.280 e. The van der Waals surface area contributed by atoms with Crippen LogP contribution >= 0.6 is 22.4 Å². The summed E-state index contributed by atoms with van der Waals surface area (Å²) in [4.78, 5) is 5.44. The Balaban J connectivity index is 1.82. The molecule has 0 amide bonds. The Kier molecular flexibility index (Phi) is 4.03. The average Bonchev–Trinajstić information content (AvgIpc) is 3.01. The smallest absolute Gasteiger partial charge is 0.280 e. The highest BCUT2D eigenvalue weighted by Crippen LogP contribution is 2.37. The van der Waals surface area contributed by atoms with Crippen molar-refractivity contribution in [3.63, 3.8) is 0 Å². The molecule has 4 nitrogen and oxygen atoms in total. The van der Waals surface area contributed by atoms with Crippen LogP contribution in [0.4, 0.5) is 0 Å². The Morgan fingerprint density at radius 2 is 2.19 bits per heavy atom. The van der Waals surface area contributed by atoms with Gasteiger partial charge in [0.25, 0.3) is 9.05 Å². The van der Waals surface area contributed by atoms with Crippen LogP contribution in [-0.2, 0) is 28.4 Å². The molecule has 1 aromatic carbocycles. The van der Waals surface area contributed by atoms with E-state index in [-0.39, 0.29) is 5.03 Å². The molecule has 1 aromatic heterocycles. The second kappa shape index (κ2) is 5.66. The van der Waals surface area contributed by atoms with Gasteiger partial charge in [0.15, 0.2) is 5.03 Å². The maximum atomic E-state index is 11.4. The van der Waals surface area contributed by atoms with Crippen LogP contribution in [0.5, 0.6) is 0 Å². The summed E-state index contributed by atoms with van der Waals surface area (Å²) < 4.78 is 24.7. The van der Waals surface area contributed by atoms with E-state index in [1.54, 1.807) is 6.20 Å². The van der Waals surface area contributed by atoms with Crippen LogP contribution in [0.1, 0.15) is 18.3 Å². The van der Waals surface area contributed by atoms with Crippen LogP contribution in [0.2, 0.25) is 0 Å². The van der Waals surface area contributed by atoms with E-state index in [9.17, 15) is 8.42 Å². The van der Waals surface area contributed by atoms with Gasteiger partial charge in [-0.1, -0.05) is 25.1 Å². The van der Waals surface area contributed by atoms with Gasteiger partial charge in [-0.2, -0.15) is 0 Å².